The summed E-state index contributed by atoms with van der Waals surface area (Å²) < 4.78 is 0. The highest BCUT2D eigenvalue weighted by Crippen LogP contribution is 2.10. The van der Waals surface area contributed by atoms with E-state index >= 15 is 0 Å². The molecule has 0 aliphatic rings. The first-order valence-electron chi connectivity index (χ1n) is 6.26. The van der Waals surface area contributed by atoms with Crippen molar-refractivity contribution in [3.8, 4) is 0 Å². The molecule has 2 rings (SSSR count). The Morgan fingerprint density at radius 2 is 1.95 bits per heavy atom. The van der Waals surface area contributed by atoms with E-state index in [1.165, 1.54) is 6.33 Å². The van der Waals surface area contributed by atoms with Crippen LogP contribution in [-0.4, -0.2) is 22.4 Å². The monoisotopic (exact) mass is 255 g/mol. The number of carbonyl (C=O) groups is 1. The first-order valence-corrected chi connectivity index (χ1v) is 6.26. The number of hydrogen-bond donors (Lipinski definition) is 1. The van der Waals surface area contributed by atoms with E-state index in [9.17, 15) is 4.79 Å². The second kappa shape index (κ2) is 6.09. The van der Waals surface area contributed by atoms with Crippen LogP contribution in [-0.2, 0) is 6.42 Å². The summed E-state index contributed by atoms with van der Waals surface area (Å²) in [4.78, 5) is 19.9. The molecule has 1 aromatic heterocycles. The Balaban J connectivity index is 1.91. The number of hydrogen-bond acceptors (Lipinski definition) is 3. The zero-order valence-corrected chi connectivity index (χ0v) is 11.2. The number of nitrogens with zero attached hydrogens (tertiary/aromatic N) is 2. The van der Waals surface area contributed by atoms with Gasteiger partial charge in [-0.2, -0.15) is 0 Å². The van der Waals surface area contributed by atoms with Gasteiger partial charge in [0.15, 0.2) is 0 Å². The first kappa shape index (κ1) is 13.2. The maximum Gasteiger partial charge on any atom is 0.251 e. The molecule has 0 bridgehead atoms. The number of carbonyl (C=O) groups excluding carboxylic acids is 1. The Bertz CT molecular complexity index is 567. The van der Waals surface area contributed by atoms with Crippen molar-refractivity contribution in [2.75, 3.05) is 6.54 Å². The van der Waals surface area contributed by atoms with Gasteiger partial charge in [0.05, 0.1) is 0 Å². The molecule has 98 valence electrons. The summed E-state index contributed by atoms with van der Waals surface area (Å²) in [6.07, 6.45) is 5.75. The van der Waals surface area contributed by atoms with E-state index in [-0.39, 0.29) is 5.91 Å². The summed E-state index contributed by atoms with van der Waals surface area (Å²) in [7, 11) is 0. The molecule has 0 unspecified atom stereocenters. The number of aryl methyl sites for hydroxylation is 2. The maximum atomic E-state index is 12.0. The van der Waals surface area contributed by atoms with Gasteiger partial charge in [-0.1, -0.05) is 17.7 Å². The average molecular weight is 255 g/mol. The van der Waals surface area contributed by atoms with Gasteiger partial charge in [-0.15, -0.1) is 0 Å². The van der Waals surface area contributed by atoms with Gasteiger partial charge in [0, 0.05) is 24.5 Å². The van der Waals surface area contributed by atoms with Gasteiger partial charge in [0.2, 0.25) is 0 Å². The van der Waals surface area contributed by atoms with Crippen LogP contribution in [0.3, 0.4) is 0 Å². The zero-order valence-electron chi connectivity index (χ0n) is 11.2. The summed E-state index contributed by atoms with van der Waals surface area (Å²) in [5.74, 6) is -0.0330. The van der Waals surface area contributed by atoms with E-state index < -0.39 is 0 Å². The van der Waals surface area contributed by atoms with Crippen molar-refractivity contribution >= 4 is 5.91 Å². The third-order valence-corrected chi connectivity index (χ3v) is 2.94. The van der Waals surface area contributed by atoms with Crippen molar-refractivity contribution in [1.82, 2.24) is 15.3 Å². The minimum absolute atomic E-state index is 0.0330. The van der Waals surface area contributed by atoms with E-state index in [1.807, 2.05) is 32.0 Å². The summed E-state index contributed by atoms with van der Waals surface area (Å²) in [6.45, 7) is 4.55. The Morgan fingerprint density at radius 1 is 1.21 bits per heavy atom. The molecule has 2 aromatic rings. The molecule has 0 spiro atoms. The predicted molar refractivity (Wildman–Crippen MR) is 74.0 cm³/mol. The van der Waals surface area contributed by atoms with Crippen molar-refractivity contribution in [1.29, 1.82) is 0 Å². The van der Waals surface area contributed by atoms with Gasteiger partial charge in [-0.3, -0.25) is 4.79 Å². The van der Waals surface area contributed by atoms with Gasteiger partial charge < -0.3 is 5.32 Å². The van der Waals surface area contributed by atoms with Crippen LogP contribution in [0.15, 0.2) is 36.9 Å². The normalized spacial score (nSPS) is 10.2. The fourth-order valence-corrected chi connectivity index (χ4v) is 1.94. The number of benzene rings is 1. The highest BCUT2D eigenvalue weighted by molar-refractivity contribution is 5.95. The van der Waals surface area contributed by atoms with Crippen LogP contribution in [0.4, 0.5) is 0 Å². The van der Waals surface area contributed by atoms with E-state index in [4.69, 9.17) is 0 Å². The van der Waals surface area contributed by atoms with Crippen LogP contribution in [0.25, 0.3) is 0 Å². The van der Waals surface area contributed by atoms with Gasteiger partial charge in [0.25, 0.3) is 5.91 Å². The van der Waals surface area contributed by atoms with Crippen LogP contribution in [0.5, 0.6) is 0 Å². The maximum absolute atomic E-state index is 12.0. The molecule has 4 heteroatoms. The van der Waals surface area contributed by atoms with Crippen LogP contribution in [0, 0.1) is 13.8 Å². The van der Waals surface area contributed by atoms with Gasteiger partial charge in [-0.25, -0.2) is 9.97 Å². The van der Waals surface area contributed by atoms with Gasteiger partial charge in [-0.05, 0) is 37.5 Å². The summed E-state index contributed by atoms with van der Waals surface area (Å²) >= 11 is 0. The number of amides is 1. The second-order valence-electron chi connectivity index (χ2n) is 4.57. The molecular weight excluding hydrogens is 238 g/mol. The molecule has 0 fully saturated rings. The van der Waals surface area contributed by atoms with Crippen LogP contribution in [0.2, 0.25) is 0 Å². The molecule has 1 amide bonds. The molecule has 1 heterocycles. The molecule has 0 saturated carbocycles. The fraction of sp³-hybridized carbons (Fsp3) is 0.267. The van der Waals surface area contributed by atoms with E-state index in [2.05, 4.69) is 15.3 Å². The lowest BCUT2D eigenvalue weighted by molar-refractivity contribution is 0.0953. The minimum atomic E-state index is -0.0330. The summed E-state index contributed by atoms with van der Waals surface area (Å²) in [5, 5.41) is 2.91. The zero-order chi connectivity index (χ0) is 13.7. The van der Waals surface area contributed by atoms with Crippen LogP contribution in [0.1, 0.15) is 27.0 Å². The lowest BCUT2D eigenvalue weighted by Crippen LogP contribution is -2.26. The minimum Gasteiger partial charge on any atom is -0.352 e. The van der Waals surface area contributed by atoms with Crippen molar-refractivity contribution < 1.29 is 4.79 Å². The molecule has 4 nitrogen and oxygen atoms in total. The quantitative estimate of drug-likeness (QED) is 0.910. The third kappa shape index (κ3) is 3.61. The number of nitrogens with one attached hydrogen (secondary N) is 1. The Hall–Kier alpha value is -2.23. The molecule has 1 aromatic carbocycles. The highest BCUT2D eigenvalue weighted by Gasteiger charge is 2.08. The lowest BCUT2D eigenvalue weighted by Gasteiger charge is -2.08. The molecule has 0 aliphatic carbocycles. The van der Waals surface area contributed by atoms with Crippen LogP contribution < -0.4 is 5.32 Å². The molecule has 19 heavy (non-hydrogen) atoms. The van der Waals surface area contributed by atoms with Gasteiger partial charge in [0.1, 0.15) is 6.33 Å². The standard InChI is InChI=1S/C15H17N3O/c1-11-3-4-14(12(2)7-11)15(19)18-6-5-13-8-16-10-17-9-13/h3-4,7-10H,5-6H2,1-2H3,(H,18,19). The number of rotatable bonds is 4. The molecule has 0 radical (unpaired) electrons. The molecule has 0 saturated heterocycles. The van der Waals surface area contributed by atoms with Crippen molar-refractivity contribution in [2.45, 2.75) is 20.3 Å². The van der Waals surface area contributed by atoms with Crippen molar-refractivity contribution in [3.05, 3.63) is 59.2 Å². The highest BCUT2D eigenvalue weighted by atomic mass is 16.1. The molecule has 0 aliphatic heterocycles. The SMILES string of the molecule is Cc1ccc(C(=O)NCCc2cncnc2)c(C)c1. The topological polar surface area (TPSA) is 54.9 Å². The third-order valence-electron chi connectivity index (χ3n) is 2.94. The Kier molecular flexibility index (Phi) is 4.23. The smallest absolute Gasteiger partial charge is 0.251 e. The fourth-order valence-electron chi connectivity index (χ4n) is 1.94. The van der Waals surface area contributed by atoms with Crippen LogP contribution >= 0.6 is 0 Å². The summed E-state index contributed by atoms with van der Waals surface area (Å²) in [5.41, 5.74) is 3.91. The second-order valence-corrected chi connectivity index (χ2v) is 4.57. The predicted octanol–water partition coefficient (Wildman–Crippen LogP) is 2.07. The van der Waals surface area contributed by atoms with E-state index in [0.29, 0.717) is 6.54 Å². The van der Waals surface area contributed by atoms with Crippen molar-refractivity contribution in [2.24, 2.45) is 0 Å². The first-order chi connectivity index (χ1) is 9.16. The largest absolute Gasteiger partial charge is 0.352 e. The van der Waals surface area contributed by atoms with E-state index in [1.54, 1.807) is 12.4 Å². The summed E-state index contributed by atoms with van der Waals surface area (Å²) in [6, 6.07) is 5.83. The average Bonchev–Trinajstić information content (AvgIpc) is 2.39. The Morgan fingerprint density at radius 3 is 2.63 bits per heavy atom. The molecular formula is C15H17N3O. The molecule has 1 N–H and O–H groups in total. The number of aromatic nitrogens is 2. The van der Waals surface area contributed by atoms with Gasteiger partial charge >= 0.3 is 0 Å². The molecule has 0 atom stereocenters. The van der Waals surface area contributed by atoms with Crippen molar-refractivity contribution in [3.63, 3.8) is 0 Å². The Labute approximate surface area is 112 Å². The van der Waals surface area contributed by atoms with E-state index in [0.717, 1.165) is 28.7 Å². The lowest BCUT2D eigenvalue weighted by atomic mass is 10.1.